The number of nitrogens with zero attached hydrogens (tertiary/aromatic N) is 1. The quantitative estimate of drug-likeness (QED) is 0.883. The van der Waals surface area contributed by atoms with E-state index in [4.69, 9.17) is 0 Å². The molecule has 1 saturated carbocycles. The van der Waals surface area contributed by atoms with E-state index in [-0.39, 0.29) is 17.9 Å². The Bertz CT molecular complexity index is 588. The minimum Gasteiger partial charge on any atom is -0.335 e. The molecule has 2 N–H and O–H groups in total. The summed E-state index contributed by atoms with van der Waals surface area (Å²) in [5, 5.41) is 5.84. The molecule has 1 aromatic rings. The average molecular weight is 331 g/mol. The highest BCUT2D eigenvalue weighted by molar-refractivity contribution is 5.89. The van der Waals surface area contributed by atoms with E-state index >= 15 is 0 Å². The van der Waals surface area contributed by atoms with E-state index in [1.54, 1.807) is 12.1 Å². The van der Waals surface area contributed by atoms with E-state index in [9.17, 15) is 9.18 Å². The molecular weight excluding hydrogens is 305 g/mol. The van der Waals surface area contributed by atoms with Gasteiger partial charge in [-0.1, -0.05) is 18.9 Å². The van der Waals surface area contributed by atoms with Crippen LogP contribution in [0.15, 0.2) is 24.3 Å². The SMILES string of the molecule is O=C(Nc1cccc(F)c1)NC1C[C@@H]2CC[C@@H](C1)N2C1CCCC1. The van der Waals surface area contributed by atoms with Crippen LogP contribution in [-0.4, -0.2) is 35.1 Å². The van der Waals surface area contributed by atoms with Crippen molar-refractivity contribution in [2.45, 2.75) is 75.5 Å². The number of rotatable bonds is 3. The first kappa shape index (κ1) is 15.9. The topological polar surface area (TPSA) is 44.4 Å². The van der Waals surface area contributed by atoms with Crippen LogP contribution in [0.4, 0.5) is 14.9 Å². The monoisotopic (exact) mass is 331 g/mol. The molecule has 3 fully saturated rings. The van der Waals surface area contributed by atoms with Crippen molar-refractivity contribution in [3.63, 3.8) is 0 Å². The Kier molecular flexibility index (Phi) is 4.44. The van der Waals surface area contributed by atoms with E-state index in [1.807, 2.05) is 0 Å². The molecule has 5 heteroatoms. The molecule has 0 aromatic heterocycles. The van der Waals surface area contributed by atoms with Crippen molar-refractivity contribution in [3.8, 4) is 0 Å². The normalized spacial score (nSPS) is 30.5. The first-order valence-electron chi connectivity index (χ1n) is 9.29. The van der Waals surface area contributed by atoms with Crippen LogP contribution in [0, 0.1) is 5.82 Å². The fraction of sp³-hybridized carbons (Fsp3) is 0.632. The lowest BCUT2D eigenvalue weighted by molar-refractivity contribution is 0.0747. The zero-order chi connectivity index (χ0) is 16.5. The largest absolute Gasteiger partial charge is 0.335 e. The van der Waals surface area contributed by atoms with Crippen LogP contribution < -0.4 is 10.6 Å². The number of halogens is 1. The third-order valence-electron chi connectivity index (χ3n) is 5.95. The Labute approximate surface area is 142 Å². The summed E-state index contributed by atoms with van der Waals surface area (Å²) in [6.45, 7) is 0. The van der Waals surface area contributed by atoms with Crippen LogP contribution in [0.2, 0.25) is 0 Å². The average Bonchev–Trinajstić information content (AvgIpc) is 3.13. The minimum absolute atomic E-state index is 0.223. The fourth-order valence-corrected chi connectivity index (χ4v) is 5.05. The number of fused-ring (bicyclic) bond motifs is 2. The molecular formula is C19H26FN3O. The summed E-state index contributed by atoms with van der Waals surface area (Å²) >= 11 is 0. The second-order valence-corrected chi connectivity index (χ2v) is 7.55. The van der Waals surface area contributed by atoms with Gasteiger partial charge in [0.25, 0.3) is 0 Å². The lowest BCUT2D eigenvalue weighted by Crippen LogP contribution is -2.53. The van der Waals surface area contributed by atoms with E-state index in [0.717, 1.165) is 18.9 Å². The van der Waals surface area contributed by atoms with E-state index in [0.29, 0.717) is 17.8 Å². The smallest absolute Gasteiger partial charge is 0.319 e. The van der Waals surface area contributed by atoms with Gasteiger partial charge in [0.05, 0.1) is 0 Å². The highest BCUT2D eigenvalue weighted by Crippen LogP contribution is 2.40. The van der Waals surface area contributed by atoms with E-state index < -0.39 is 0 Å². The number of anilines is 1. The molecule has 1 aromatic carbocycles. The van der Waals surface area contributed by atoms with Crippen LogP contribution in [0.3, 0.4) is 0 Å². The standard InChI is InChI=1S/C19H26FN3O/c20-13-4-3-5-14(10-13)21-19(24)22-15-11-17-8-9-18(12-15)23(17)16-6-1-2-7-16/h3-5,10,15-18H,1-2,6-9,11-12H2,(H2,21,22,24)/t17-,18-/m0/s1. The summed E-state index contributed by atoms with van der Waals surface area (Å²) in [5.41, 5.74) is 0.499. The van der Waals surface area contributed by atoms with E-state index in [1.165, 1.54) is 50.7 Å². The van der Waals surface area contributed by atoms with E-state index in [2.05, 4.69) is 15.5 Å². The summed E-state index contributed by atoms with van der Waals surface area (Å²) in [5.74, 6) is -0.337. The number of nitrogens with one attached hydrogen (secondary N) is 2. The summed E-state index contributed by atoms with van der Waals surface area (Å²) in [7, 11) is 0. The number of urea groups is 1. The van der Waals surface area contributed by atoms with Gasteiger partial charge in [0.15, 0.2) is 0 Å². The second kappa shape index (κ2) is 6.71. The molecule has 2 bridgehead atoms. The van der Waals surface area contributed by atoms with Crippen LogP contribution in [0.1, 0.15) is 51.4 Å². The molecule has 0 spiro atoms. The number of hydrogen-bond acceptors (Lipinski definition) is 2. The molecule has 2 saturated heterocycles. The van der Waals surface area contributed by atoms with Crippen molar-refractivity contribution in [3.05, 3.63) is 30.1 Å². The molecule has 2 atom stereocenters. The lowest BCUT2D eigenvalue weighted by Gasteiger charge is -2.42. The highest BCUT2D eigenvalue weighted by Gasteiger charge is 2.44. The van der Waals surface area contributed by atoms with Crippen LogP contribution in [0.25, 0.3) is 0 Å². The predicted molar refractivity (Wildman–Crippen MR) is 92.5 cm³/mol. The molecule has 2 heterocycles. The Morgan fingerprint density at radius 2 is 1.75 bits per heavy atom. The van der Waals surface area contributed by atoms with Crippen LogP contribution in [0.5, 0.6) is 0 Å². The zero-order valence-electron chi connectivity index (χ0n) is 14.0. The summed E-state index contributed by atoms with van der Waals surface area (Å²) in [6, 6.07) is 8.07. The maximum absolute atomic E-state index is 13.2. The van der Waals surface area contributed by atoms with Crippen molar-refractivity contribution in [2.75, 3.05) is 5.32 Å². The summed E-state index contributed by atoms with van der Waals surface area (Å²) in [4.78, 5) is 15.0. The number of benzene rings is 1. The Morgan fingerprint density at radius 3 is 2.42 bits per heavy atom. The van der Waals surface area contributed by atoms with Crippen molar-refractivity contribution in [2.24, 2.45) is 0 Å². The maximum Gasteiger partial charge on any atom is 0.319 e. The van der Waals surface area contributed by atoms with Crippen molar-refractivity contribution in [1.29, 1.82) is 0 Å². The molecule has 130 valence electrons. The van der Waals surface area contributed by atoms with Gasteiger partial charge < -0.3 is 10.6 Å². The number of carbonyl (C=O) groups is 1. The van der Waals surface area contributed by atoms with Gasteiger partial charge in [0.1, 0.15) is 5.82 Å². The molecule has 24 heavy (non-hydrogen) atoms. The van der Waals surface area contributed by atoms with Crippen LogP contribution >= 0.6 is 0 Å². The van der Waals surface area contributed by atoms with Gasteiger partial charge in [-0.15, -0.1) is 0 Å². The van der Waals surface area contributed by atoms with Crippen molar-refractivity contribution in [1.82, 2.24) is 10.2 Å². The molecule has 0 radical (unpaired) electrons. The predicted octanol–water partition coefficient (Wildman–Crippen LogP) is 3.89. The third-order valence-corrected chi connectivity index (χ3v) is 5.95. The number of carbonyl (C=O) groups excluding carboxylic acids is 1. The molecule has 3 aliphatic rings. The van der Waals surface area contributed by atoms with Gasteiger partial charge in [-0.3, -0.25) is 4.90 Å². The molecule has 1 aliphatic carbocycles. The molecule has 4 nitrogen and oxygen atoms in total. The minimum atomic E-state index is -0.337. The number of piperidine rings is 1. The van der Waals surface area contributed by atoms with Gasteiger partial charge >= 0.3 is 6.03 Å². The van der Waals surface area contributed by atoms with Crippen LogP contribution in [-0.2, 0) is 0 Å². The number of hydrogen-bond donors (Lipinski definition) is 2. The van der Waals surface area contributed by atoms with Crippen molar-refractivity contribution < 1.29 is 9.18 Å². The van der Waals surface area contributed by atoms with Gasteiger partial charge in [-0.2, -0.15) is 0 Å². The molecule has 2 aliphatic heterocycles. The Balaban J connectivity index is 1.33. The second-order valence-electron chi connectivity index (χ2n) is 7.55. The molecule has 0 unspecified atom stereocenters. The summed E-state index contributed by atoms with van der Waals surface area (Å²) < 4.78 is 13.2. The van der Waals surface area contributed by atoms with Gasteiger partial charge in [0, 0.05) is 29.9 Å². The fourth-order valence-electron chi connectivity index (χ4n) is 5.05. The van der Waals surface area contributed by atoms with Crippen molar-refractivity contribution >= 4 is 11.7 Å². The highest BCUT2D eigenvalue weighted by atomic mass is 19.1. The zero-order valence-corrected chi connectivity index (χ0v) is 14.0. The summed E-state index contributed by atoms with van der Waals surface area (Å²) in [6.07, 6.45) is 10.1. The van der Waals surface area contributed by atoms with Gasteiger partial charge in [0.2, 0.25) is 0 Å². The number of amides is 2. The van der Waals surface area contributed by atoms with Gasteiger partial charge in [-0.25, -0.2) is 9.18 Å². The first-order chi connectivity index (χ1) is 11.7. The Morgan fingerprint density at radius 1 is 1.04 bits per heavy atom. The first-order valence-corrected chi connectivity index (χ1v) is 9.29. The maximum atomic E-state index is 13.2. The third kappa shape index (κ3) is 3.27. The Hall–Kier alpha value is -1.62. The molecule has 2 amide bonds. The lowest BCUT2D eigenvalue weighted by atomic mass is 9.95. The molecule has 4 rings (SSSR count). The van der Waals surface area contributed by atoms with Gasteiger partial charge in [-0.05, 0) is 56.7 Å².